The monoisotopic (exact) mass is 303 g/mol. The first-order valence-corrected chi connectivity index (χ1v) is 8.39. The molecule has 0 radical (unpaired) electrons. The topological polar surface area (TPSA) is 28.2 Å². The Hall–Kier alpha value is -1.39. The summed E-state index contributed by atoms with van der Waals surface area (Å²) in [5.74, 6) is 1.72. The van der Waals surface area contributed by atoms with E-state index in [0.29, 0.717) is 5.92 Å². The highest BCUT2D eigenvalue weighted by Crippen LogP contribution is 2.17. The molecule has 0 saturated carbocycles. The second-order valence-electron chi connectivity index (χ2n) is 5.99. The Kier molecular flexibility index (Phi) is 5.76. The third kappa shape index (κ3) is 5.14. The van der Waals surface area contributed by atoms with E-state index in [9.17, 15) is 0 Å². The van der Waals surface area contributed by atoms with Gasteiger partial charge in [0.1, 0.15) is 5.82 Å². The van der Waals surface area contributed by atoms with Gasteiger partial charge in [-0.2, -0.15) is 11.3 Å². The molecular formula is C17H25N3S. The first-order valence-electron chi connectivity index (χ1n) is 7.45. The standard InChI is InChI=1S/C17H25N3S/c1-13(2)9-18-10-16-7-14(3)19-17(8-16)20(4)11-15-5-6-21-12-15/h5-8,12-13,18H,9-11H2,1-4H3. The maximum atomic E-state index is 4.66. The van der Waals surface area contributed by atoms with Crippen molar-refractivity contribution in [2.45, 2.75) is 33.9 Å². The van der Waals surface area contributed by atoms with Gasteiger partial charge in [0.05, 0.1) is 0 Å². The van der Waals surface area contributed by atoms with E-state index in [1.54, 1.807) is 11.3 Å². The van der Waals surface area contributed by atoms with Crippen molar-refractivity contribution >= 4 is 17.2 Å². The van der Waals surface area contributed by atoms with E-state index in [-0.39, 0.29) is 0 Å². The van der Waals surface area contributed by atoms with Crippen LogP contribution in [0.25, 0.3) is 0 Å². The molecule has 4 heteroatoms. The van der Waals surface area contributed by atoms with Gasteiger partial charge in [-0.15, -0.1) is 0 Å². The Morgan fingerprint density at radius 1 is 1.29 bits per heavy atom. The normalized spacial score (nSPS) is 11.1. The van der Waals surface area contributed by atoms with Crippen LogP contribution in [0.15, 0.2) is 29.0 Å². The fraction of sp³-hybridized carbons (Fsp3) is 0.471. The number of aryl methyl sites for hydroxylation is 1. The maximum absolute atomic E-state index is 4.66. The highest BCUT2D eigenvalue weighted by molar-refractivity contribution is 7.07. The molecule has 0 spiro atoms. The molecule has 0 aliphatic carbocycles. The van der Waals surface area contributed by atoms with Crippen LogP contribution in [0.3, 0.4) is 0 Å². The van der Waals surface area contributed by atoms with Crippen molar-refractivity contribution in [1.82, 2.24) is 10.3 Å². The maximum Gasteiger partial charge on any atom is 0.129 e. The van der Waals surface area contributed by atoms with Gasteiger partial charge >= 0.3 is 0 Å². The van der Waals surface area contributed by atoms with Crippen molar-refractivity contribution in [3.63, 3.8) is 0 Å². The Labute approximate surface area is 132 Å². The summed E-state index contributed by atoms with van der Waals surface area (Å²) in [6.07, 6.45) is 0. The molecule has 1 N–H and O–H groups in total. The lowest BCUT2D eigenvalue weighted by Crippen LogP contribution is -2.21. The van der Waals surface area contributed by atoms with Gasteiger partial charge in [-0.05, 0) is 59.5 Å². The number of anilines is 1. The number of pyridine rings is 1. The predicted octanol–water partition coefficient (Wildman–Crippen LogP) is 3.83. The van der Waals surface area contributed by atoms with Crippen LogP contribution in [0.5, 0.6) is 0 Å². The number of hydrogen-bond donors (Lipinski definition) is 1. The van der Waals surface area contributed by atoms with E-state index in [1.807, 2.05) is 0 Å². The van der Waals surface area contributed by atoms with Crippen molar-refractivity contribution in [2.24, 2.45) is 5.92 Å². The fourth-order valence-corrected chi connectivity index (χ4v) is 2.92. The predicted molar refractivity (Wildman–Crippen MR) is 91.9 cm³/mol. The lowest BCUT2D eigenvalue weighted by atomic mass is 10.2. The van der Waals surface area contributed by atoms with Gasteiger partial charge < -0.3 is 10.2 Å². The molecule has 114 valence electrons. The van der Waals surface area contributed by atoms with E-state index >= 15 is 0 Å². The van der Waals surface area contributed by atoms with Gasteiger partial charge in [-0.1, -0.05) is 13.8 Å². The van der Waals surface area contributed by atoms with Gasteiger partial charge in [0.15, 0.2) is 0 Å². The second kappa shape index (κ2) is 7.57. The van der Waals surface area contributed by atoms with E-state index < -0.39 is 0 Å². The first kappa shape index (κ1) is 16.0. The molecule has 0 aliphatic rings. The number of aromatic nitrogens is 1. The second-order valence-corrected chi connectivity index (χ2v) is 6.77. The molecule has 0 aromatic carbocycles. The Balaban J connectivity index is 2.03. The van der Waals surface area contributed by atoms with Crippen LogP contribution in [0.4, 0.5) is 5.82 Å². The van der Waals surface area contributed by atoms with Crippen LogP contribution >= 0.6 is 11.3 Å². The van der Waals surface area contributed by atoms with Gasteiger partial charge in [0.25, 0.3) is 0 Å². The summed E-state index contributed by atoms with van der Waals surface area (Å²) in [6.45, 7) is 9.37. The molecule has 2 aromatic rings. The lowest BCUT2D eigenvalue weighted by molar-refractivity contribution is 0.552. The highest BCUT2D eigenvalue weighted by Gasteiger charge is 2.07. The largest absolute Gasteiger partial charge is 0.355 e. The zero-order chi connectivity index (χ0) is 15.2. The van der Waals surface area contributed by atoms with Crippen LogP contribution in [0.1, 0.15) is 30.7 Å². The number of hydrogen-bond acceptors (Lipinski definition) is 4. The van der Waals surface area contributed by atoms with Crippen molar-refractivity contribution < 1.29 is 0 Å². The molecule has 0 amide bonds. The summed E-state index contributed by atoms with van der Waals surface area (Å²) < 4.78 is 0. The first-order chi connectivity index (χ1) is 10.0. The van der Waals surface area contributed by atoms with E-state index in [1.165, 1.54) is 11.1 Å². The van der Waals surface area contributed by atoms with Crippen molar-refractivity contribution in [3.8, 4) is 0 Å². The molecule has 0 saturated heterocycles. The third-order valence-electron chi connectivity index (χ3n) is 3.27. The molecule has 2 heterocycles. The number of rotatable bonds is 7. The summed E-state index contributed by atoms with van der Waals surface area (Å²) in [6, 6.07) is 6.52. The lowest BCUT2D eigenvalue weighted by Gasteiger charge is -2.19. The molecule has 2 rings (SSSR count). The van der Waals surface area contributed by atoms with Gasteiger partial charge in [0, 0.05) is 25.8 Å². The smallest absolute Gasteiger partial charge is 0.129 e. The van der Waals surface area contributed by atoms with Crippen LogP contribution in [0, 0.1) is 12.8 Å². The molecule has 0 unspecified atom stereocenters. The number of thiophene rings is 1. The molecule has 3 nitrogen and oxygen atoms in total. The van der Waals surface area contributed by atoms with Gasteiger partial charge in [-0.3, -0.25) is 0 Å². The van der Waals surface area contributed by atoms with Crippen molar-refractivity contribution in [1.29, 1.82) is 0 Å². The average molecular weight is 303 g/mol. The van der Waals surface area contributed by atoms with E-state index in [4.69, 9.17) is 0 Å². The van der Waals surface area contributed by atoms with Crippen LogP contribution in [-0.4, -0.2) is 18.6 Å². The molecule has 0 fully saturated rings. The Bertz CT molecular complexity index is 549. The summed E-state index contributed by atoms with van der Waals surface area (Å²) in [5.41, 5.74) is 3.71. The SMILES string of the molecule is Cc1cc(CNCC(C)C)cc(N(C)Cc2ccsc2)n1. The van der Waals surface area contributed by atoms with Crippen molar-refractivity contribution in [2.75, 3.05) is 18.5 Å². The van der Waals surface area contributed by atoms with Crippen molar-refractivity contribution in [3.05, 3.63) is 45.8 Å². The number of nitrogens with one attached hydrogen (secondary N) is 1. The average Bonchev–Trinajstić information content (AvgIpc) is 2.90. The summed E-state index contributed by atoms with van der Waals surface area (Å²) >= 11 is 1.74. The molecule has 21 heavy (non-hydrogen) atoms. The Morgan fingerprint density at radius 2 is 2.10 bits per heavy atom. The zero-order valence-electron chi connectivity index (χ0n) is 13.4. The molecule has 0 bridgehead atoms. The van der Waals surface area contributed by atoms with Gasteiger partial charge in [0.2, 0.25) is 0 Å². The summed E-state index contributed by atoms with van der Waals surface area (Å²) in [7, 11) is 2.10. The molecule has 0 aliphatic heterocycles. The molecule has 2 aromatic heterocycles. The molecular weight excluding hydrogens is 278 g/mol. The zero-order valence-corrected chi connectivity index (χ0v) is 14.2. The third-order valence-corrected chi connectivity index (χ3v) is 4.00. The fourth-order valence-electron chi connectivity index (χ4n) is 2.26. The van der Waals surface area contributed by atoms with Crippen LogP contribution < -0.4 is 10.2 Å². The Morgan fingerprint density at radius 3 is 2.76 bits per heavy atom. The van der Waals surface area contributed by atoms with E-state index in [0.717, 1.165) is 31.1 Å². The van der Waals surface area contributed by atoms with Crippen LogP contribution in [0.2, 0.25) is 0 Å². The molecule has 0 atom stereocenters. The minimum atomic E-state index is 0.675. The van der Waals surface area contributed by atoms with Gasteiger partial charge in [-0.25, -0.2) is 4.98 Å². The minimum Gasteiger partial charge on any atom is -0.355 e. The number of nitrogens with zero attached hydrogens (tertiary/aromatic N) is 2. The van der Waals surface area contributed by atoms with Crippen LogP contribution in [-0.2, 0) is 13.1 Å². The van der Waals surface area contributed by atoms with E-state index in [2.05, 4.69) is 72.0 Å². The quantitative estimate of drug-likeness (QED) is 0.842. The summed E-state index contributed by atoms with van der Waals surface area (Å²) in [5, 5.41) is 7.81. The minimum absolute atomic E-state index is 0.675. The summed E-state index contributed by atoms with van der Waals surface area (Å²) in [4.78, 5) is 6.87. The highest BCUT2D eigenvalue weighted by atomic mass is 32.1.